The molecule has 0 aliphatic carbocycles. The van der Waals surface area contributed by atoms with Crippen molar-refractivity contribution in [1.82, 2.24) is 24.4 Å². The van der Waals surface area contributed by atoms with Crippen LogP contribution >= 0.6 is 27.5 Å². The number of hydrogen-bond acceptors (Lipinski definition) is 4. The fraction of sp³-hybridized carbons (Fsp3) is 0.0588. The Labute approximate surface area is 161 Å². The van der Waals surface area contributed by atoms with Crippen molar-refractivity contribution >= 4 is 44.9 Å². The zero-order valence-corrected chi connectivity index (χ0v) is 15.6. The van der Waals surface area contributed by atoms with Crippen LogP contribution in [0.5, 0.6) is 0 Å². The summed E-state index contributed by atoms with van der Waals surface area (Å²) >= 11 is 9.58. The van der Waals surface area contributed by atoms with Gasteiger partial charge in [-0.2, -0.15) is 10.2 Å². The van der Waals surface area contributed by atoms with Crippen molar-refractivity contribution in [2.45, 2.75) is 6.54 Å². The lowest BCUT2D eigenvalue weighted by Crippen LogP contribution is -2.14. The summed E-state index contributed by atoms with van der Waals surface area (Å²) in [7, 11) is 0. The summed E-state index contributed by atoms with van der Waals surface area (Å²) in [4.78, 5) is 16.8. The fourth-order valence-electron chi connectivity index (χ4n) is 2.50. The molecular formula is C17H12BrClN6O. The number of halogens is 2. The second-order valence-corrected chi connectivity index (χ2v) is 6.71. The zero-order chi connectivity index (χ0) is 18.1. The summed E-state index contributed by atoms with van der Waals surface area (Å²) in [5, 5.41) is 11.6. The number of amides is 1. The smallest absolute Gasteiger partial charge is 0.278 e. The van der Waals surface area contributed by atoms with Crippen LogP contribution in [-0.2, 0) is 6.54 Å². The second-order valence-electron chi connectivity index (χ2n) is 5.51. The molecule has 26 heavy (non-hydrogen) atoms. The number of hydrogen-bond donors (Lipinski definition) is 1. The Bertz CT molecular complexity index is 1090. The maximum atomic E-state index is 12.6. The number of carbonyl (C=O) groups is 1. The number of benzene rings is 1. The molecule has 3 heterocycles. The highest BCUT2D eigenvalue weighted by Gasteiger charge is 2.20. The van der Waals surface area contributed by atoms with Gasteiger partial charge in [-0.3, -0.25) is 9.48 Å². The lowest BCUT2D eigenvalue weighted by atomic mass is 10.2. The van der Waals surface area contributed by atoms with Crippen LogP contribution in [0.25, 0.3) is 5.65 Å². The minimum atomic E-state index is -0.422. The van der Waals surface area contributed by atoms with E-state index in [0.29, 0.717) is 21.7 Å². The molecule has 0 saturated heterocycles. The Morgan fingerprint density at radius 1 is 1.19 bits per heavy atom. The zero-order valence-electron chi connectivity index (χ0n) is 13.3. The number of aromatic nitrogens is 5. The van der Waals surface area contributed by atoms with E-state index in [1.807, 2.05) is 30.3 Å². The Balaban J connectivity index is 1.56. The molecule has 0 radical (unpaired) electrons. The van der Waals surface area contributed by atoms with Gasteiger partial charge in [0.15, 0.2) is 17.2 Å². The Morgan fingerprint density at radius 2 is 2.00 bits per heavy atom. The summed E-state index contributed by atoms with van der Waals surface area (Å²) in [5.74, 6) is -0.140. The first-order valence-electron chi connectivity index (χ1n) is 7.69. The number of nitrogens with one attached hydrogen (secondary N) is 1. The number of rotatable bonds is 4. The normalized spacial score (nSPS) is 11.0. The van der Waals surface area contributed by atoms with Crippen molar-refractivity contribution in [3.63, 3.8) is 0 Å². The number of nitrogens with zero attached hydrogens (tertiary/aromatic N) is 5. The summed E-state index contributed by atoms with van der Waals surface area (Å²) < 4.78 is 3.71. The average Bonchev–Trinajstić information content (AvgIpc) is 3.16. The molecular weight excluding hydrogens is 420 g/mol. The van der Waals surface area contributed by atoms with Crippen LogP contribution in [0, 0.1) is 0 Å². The molecule has 0 atom stereocenters. The molecule has 0 unspecified atom stereocenters. The monoisotopic (exact) mass is 430 g/mol. The van der Waals surface area contributed by atoms with E-state index < -0.39 is 5.91 Å². The van der Waals surface area contributed by atoms with Gasteiger partial charge >= 0.3 is 0 Å². The summed E-state index contributed by atoms with van der Waals surface area (Å²) in [6.45, 7) is 0.554. The minimum absolute atomic E-state index is 0.206. The second kappa shape index (κ2) is 6.89. The van der Waals surface area contributed by atoms with Crippen LogP contribution in [0.1, 0.15) is 16.1 Å². The molecule has 0 fully saturated rings. The quantitative estimate of drug-likeness (QED) is 0.535. The maximum absolute atomic E-state index is 12.6. The van der Waals surface area contributed by atoms with Gasteiger partial charge in [-0.25, -0.2) is 9.50 Å². The molecule has 4 rings (SSSR count). The van der Waals surface area contributed by atoms with Crippen LogP contribution in [0.2, 0.25) is 5.02 Å². The number of fused-ring (bicyclic) bond motifs is 1. The summed E-state index contributed by atoms with van der Waals surface area (Å²) in [6.07, 6.45) is 5.02. The molecule has 1 aromatic carbocycles. The fourth-order valence-corrected chi connectivity index (χ4v) is 3.25. The molecule has 0 aliphatic rings. The van der Waals surface area contributed by atoms with E-state index in [2.05, 4.69) is 36.4 Å². The van der Waals surface area contributed by atoms with Gasteiger partial charge in [0.2, 0.25) is 0 Å². The van der Waals surface area contributed by atoms with E-state index in [1.54, 1.807) is 29.3 Å². The van der Waals surface area contributed by atoms with E-state index in [9.17, 15) is 4.79 Å². The van der Waals surface area contributed by atoms with E-state index >= 15 is 0 Å². The topological polar surface area (TPSA) is 77.1 Å². The Hall–Kier alpha value is -2.71. The molecule has 0 saturated carbocycles. The molecule has 9 heteroatoms. The van der Waals surface area contributed by atoms with E-state index in [1.165, 1.54) is 4.52 Å². The first-order chi connectivity index (χ1) is 12.6. The lowest BCUT2D eigenvalue weighted by Gasteiger charge is -2.02. The highest BCUT2D eigenvalue weighted by Crippen LogP contribution is 2.24. The van der Waals surface area contributed by atoms with Gasteiger partial charge in [0.05, 0.1) is 11.0 Å². The van der Waals surface area contributed by atoms with Gasteiger partial charge in [0, 0.05) is 18.6 Å². The van der Waals surface area contributed by atoms with Crippen LogP contribution < -0.4 is 5.32 Å². The predicted molar refractivity (Wildman–Crippen MR) is 101 cm³/mol. The third-order valence-electron chi connectivity index (χ3n) is 3.69. The van der Waals surface area contributed by atoms with Crippen molar-refractivity contribution in [2.75, 3.05) is 5.32 Å². The SMILES string of the molecule is O=C(Nc1nn(Cc2ccccc2)cc1Cl)c1nn2cccnc2c1Br. The molecule has 7 nitrogen and oxygen atoms in total. The first kappa shape index (κ1) is 16.7. The average molecular weight is 432 g/mol. The van der Waals surface area contributed by atoms with Crippen molar-refractivity contribution in [1.29, 1.82) is 0 Å². The van der Waals surface area contributed by atoms with Crippen molar-refractivity contribution < 1.29 is 4.79 Å². The Morgan fingerprint density at radius 3 is 2.77 bits per heavy atom. The first-order valence-corrected chi connectivity index (χ1v) is 8.86. The van der Waals surface area contributed by atoms with Gasteiger partial charge in [0.25, 0.3) is 5.91 Å². The molecule has 130 valence electrons. The molecule has 1 N–H and O–H groups in total. The summed E-state index contributed by atoms with van der Waals surface area (Å²) in [5.41, 5.74) is 1.84. The highest BCUT2D eigenvalue weighted by molar-refractivity contribution is 9.10. The highest BCUT2D eigenvalue weighted by atomic mass is 79.9. The van der Waals surface area contributed by atoms with Crippen molar-refractivity contribution in [2.24, 2.45) is 0 Å². The van der Waals surface area contributed by atoms with Crippen LogP contribution in [0.4, 0.5) is 5.82 Å². The molecule has 4 aromatic rings. The van der Waals surface area contributed by atoms with E-state index in [-0.39, 0.29) is 11.5 Å². The van der Waals surface area contributed by atoms with Crippen molar-refractivity contribution in [3.8, 4) is 0 Å². The molecule has 3 aromatic heterocycles. The number of anilines is 1. The van der Waals surface area contributed by atoms with Crippen LogP contribution in [0.3, 0.4) is 0 Å². The third kappa shape index (κ3) is 3.21. The molecule has 1 amide bonds. The van der Waals surface area contributed by atoms with E-state index in [0.717, 1.165) is 5.56 Å². The predicted octanol–water partition coefficient (Wildman–Crippen LogP) is 3.64. The standard InChI is InChI=1S/C17H12BrClN6O/c18-13-14(22-25-8-4-7-20-16(13)25)17(26)21-15-12(19)10-24(23-15)9-11-5-2-1-3-6-11/h1-8,10H,9H2,(H,21,23,26). The Kier molecular flexibility index (Phi) is 4.44. The van der Waals surface area contributed by atoms with Gasteiger partial charge in [0.1, 0.15) is 5.02 Å². The van der Waals surface area contributed by atoms with Gasteiger partial charge in [-0.15, -0.1) is 0 Å². The maximum Gasteiger partial charge on any atom is 0.278 e. The minimum Gasteiger partial charge on any atom is -0.302 e. The van der Waals surface area contributed by atoms with Crippen LogP contribution in [0.15, 0.2) is 59.5 Å². The van der Waals surface area contributed by atoms with Gasteiger partial charge < -0.3 is 5.32 Å². The van der Waals surface area contributed by atoms with Gasteiger partial charge in [-0.05, 0) is 27.6 Å². The largest absolute Gasteiger partial charge is 0.302 e. The molecule has 0 aliphatic heterocycles. The van der Waals surface area contributed by atoms with E-state index in [4.69, 9.17) is 11.6 Å². The van der Waals surface area contributed by atoms with Gasteiger partial charge in [-0.1, -0.05) is 41.9 Å². The van der Waals surface area contributed by atoms with Crippen LogP contribution in [-0.4, -0.2) is 30.3 Å². The summed E-state index contributed by atoms with van der Waals surface area (Å²) in [6, 6.07) is 11.6. The van der Waals surface area contributed by atoms with Crippen molar-refractivity contribution in [3.05, 3.63) is 75.7 Å². The molecule has 0 bridgehead atoms. The lowest BCUT2D eigenvalue weighted by molar-refractivity contribution is 0.102. The number of carbonyl (C=O) groups excluding carboxylic acids is 1. The molecule has 0 spiro atoms. The third-order valence-corrected chi connectivity index (χ3v) is 4.70.